The summed E-state index contributed by atoms with van der Waals surface area (Å²) in [5, 5.41) is 27.0. The normalized spacial score (nSPS) is 18.8. The number of methoxy groups -OCH3 is 1. The highest BCUT2D eigenvalue weighted by atomic mass is 32.1. The zero-order valence-electron chi connectivity index (χ0n) is 11.0. The minimum atomic E-state index is -0.168. The standard InChI is InChI=1S/C11H15N5O3S/c1-18-6-9-13-14-11(20-9)16-10(7(5-17)12-15-16)8-3-2-4-19-8/h8,17H,2-6H2,1H3. The fourth-order valence-electron chi connectivity index (χ4n) is 2.20. The number of hydrogen-bond donors (Lipinski definition) is 1. The van der Waals surface area contributed by atoms with E-state index in [9.17, 15) is 5.11 Å². The second-order valence-corrected chi connectivity index (χ2v) is 5.44. The van der Waals surface area contributed by atoms with Crippen molar-refractivity contribution in [2.24, 2.45) is 0 Å². The molecule has 0 bridgehead atoms. The molecule has 1 aliphatic heterocycles. The van der Waals surface area contributed by atoms with Crippen LogP contribution in [-0.2, 0) is 22.7 Å². The van der Waals surface area contributed by atoms with Crippen LogP contribution < -0.4 is 0 Å². The largest absolute Gasteiger partial charge is 0.390 e. The van der Waals surface area contributed by atoms with Crippen LogP contribution in [0.4, 0.5) is 0 Å². The SMILES string of the molecule is COCc1nnc(-n2nnc(CO)c2C2CCCO2)s1. The third-order valence-electron chi connectivity index (χ3n) is 3.07. The third kappa shape index (κ3) is 2.44. The number of aliphatic hydroxyl groups is 1. The van der Waals surface area contributed by atoms with Crippen LogP contribution in [0.25, 0.3) is 5.13 Å². The van der Waals surface area contributed by atoms with Crippen LogP contribution in [0, 0.1) is 0 Å². The average Bonchev–Trinajstić information content (AvgIpc) is 3.18. The first-order valence-electron chi connectivity index (χ1n) is 6.32. The van der Waals surface area contributed by atoms with E-state index in [1.165, 1.54) is 11.3 Å². The molecule has 0 radical (unpaired) electrons. The van der Waals surface area contributed by atoms with Gasteiger partial charge in [0, 0.05) is 13.7 Å². The van der Waals surface area contributed by atoms with Gasteiger partial charge in [-0.3, -0.25) is 0 Å². The molecule has 2 aromatic heterocycles. The van der Waals surface area contributed by atoms with Crippen LogP contribution in [0.15, 0.2) is 0 Å². The van der Waals surface area contributed by atoms with Crippen molar-refractivity contribution < 1.29 is 14.6 Å². The molecule has 1 unspecified atom stereocenters. The van der Waals surface area contributed by atoms with E-state index in [0.717, 1.165) is 23.5 Å². The minimum absolute atomic E-state index is 0.0954. The number of rotatable bonds is 5. The Labute approximate surface area is 119 Å². The molecule has 0 aliphatic carbocycles. The van der Waals surface area contributed by atoms with Crippen LogP contribution >= 0.6 is 11.3 Å². The number of aromatic nitrogens is 5. The van der Waals surface area contributed by atoms with Gasteiger partial charge in [-0.2, -0.15) is 4.68 Å². The number of aliphatic hydroxyl groups excluding tert-OH is 1. The summed E-state index contributed by atoms with van der Waals surface area (Å²) in [5.74, 6) is 0. The van der Waals surface area contributed by atoms with Gasteiger partial charge in [0.25, 0.3) is 0 Å². The summed E-state index contributed by atoms with van der Waals surface area (Å²) in [4.78, 5) is 0. The van der Waals surface area contributed by atoms with E-state index in [4.69, 9.17) is 9.47 Å². The van der Waals surface area contributed by atoms with Gasteiger partial charge >= 0.3 is 0 Å². The first kappa shape index (κ1) is 13.6. The third-order valence-corrected chi connectivity index (χ3v) is 3.94. The molecule has 1 aliphatic rings. The van der Waals surface area contributed by atoms with Crippen LogP contribution in [0.5, 0.6) is 0 Å². The maximum absolute atomic E-state index is 9.40. The Hall–Kier alpha value is -1.42. The van der Waals surface area contributed by atoms with Crippen LogP contribution in [0.1, 0.15) is 35.3 Å². The van der Waals surface area contributed by atoms with Gasteiger partial charge in [0.05, 0.1) is 6.61 Å². The fourth-order valence-corrected chi connectivity index (χ4v) is 2.97. The first-order valence-corrected chi connectivity index (χ1v) is 7.13. The van der Waals surface area contributed by atoms with Crippen molar-refractivity contribution in [1.82, 2.24) is 25.2 Å². The molecule has 3 heterocycles. The first-order chi connectivity index (χ1) is 9.83. The Morgan fingerprint density at radius 2 is 2.35 bits per heavy atom. The highest BCUT2D eigenvalue weighted by Crippen LogP contribution is 2.32. The Kier molecular flexibility index (Phi) is 4.01. The molecule has 0 aromatic carbocycles. The van der Waals surface area contributed by atoms with Gasteiger partial charge in [-0.15, -0.1) is 15.3 Å². The molecule has 1 atom stereocenters. The van der Waals surface area contributed by atoms with Crippen molar-refractivity contribution in [2.45, 2.75) is 32.2 Å². The van der Waals surface area contributed by atoms with E-state index >= 15 is 0 Å². The van der Waals surface area contributed by atoms with Gasteiger partial charge < -0.3 is 14.6 Å². The maximum Gasteiger partial charge on any atom is 0.234 e. The van der Waals surface area contributed by atoms with Crippen molar-refractivity contribution in [3.63, 3.8) is 0 Å². The average molecular weight is 297 g/mol. The maximum atomic E-state index is 9.40. The van der Waals surface area contributed by atoms with Crippen LogP contribution in [0.3, 0.4) is 0 Å². The predicted molar refractivity (Wildman–Crippen MR) is 69.4 cm³/mol. The number of ether oxygens (including phenoxy) is 2. The Bertz CT molecular complexity index is 578. The van der Waals surface area contributed by atoms with Gasteiger partial charge in [-0.1, -0.05) is 16.6 Å². The van der Waals surface area contributed by atoms with Crippen LogP contribution in [-0.4, -0.2) is 44.0 Å². The highest BCUT2D eigenvalue weighted by Gasteiger charge is 2.28. The molecule has 8 nitrogen and oxygen atoms in total. The van der Waals surface area contributed by atoms with Gasteiger partial charge in [0.1, 0.15) is 29.1 Å². The zero-order valence-corrected chi connectivity index (χ0v) is 11.8. The lowest BCUT2D eigenvalue weighted by atomic mass is 10.1. The second kappa shape index (κ2) is 5.92. The fraction of sp³-hybridized carbons (Fsp3) is 0.636. The Balaban J connectivity index is 1.97. The van der Waals surface area contributed by atoms with Gasteiger partial charge in [-0.05, 0) is 12.8 Å². The molecule has 1 fully saturated rings. The summed E-state index contributed by atoms with van der Waals surface area (Å²) in [5.41, 5.74) is 1.30. The van der Waals surface area contributed by atoms with E-state index < -0.39 is 0 Å². The lowest BCUT2D eigenvalue weighted by Gasteiger charge is -2.10. The number of hydrogen-bond acceptors (Lipinski definition) is 8. The van der Waals surface area contributed by atoms with E-state index in [2.05, 4.69) is 20.5 Å². The van der Waals surface area contributed by atoms with E-state index in [1.54, 1.807) is 11.8 Å². The predicted octanol–water partition coefficient (Wildman–Crippen LogP) is 0.609. The van der Waals surface area contributed by atoms with Crippen molar-refractivity contribution in [3.05, 3.63) is 16.4 Å². The van der Waals surface area contributed by atoms with Gasteiger partial charge in [0.2, 0.25) is 5.13 Å². The Morgan fingerprint density at radius 3 is 3.05 bits per heavy atom. The van der Waals surface area contributed by atoms with Crippen molar-refractivity contribution in [2.75, 3.05) is 13.7 Å². The number of nitrogens with zero attached hydrogens (tertiary/aromatic N) is 5. The van der Waals surface area contributed by atoms with Crippen molar-refractivity contribution in [1.29, 1.82) is 0 Å². The summed E-state index contributed by atoms with van der Waals surface area (Å²) >= 11 is 1.38. The quantitative estimate of drug-likeness (QED) is 0.863. The monoisotopic (exact) mass is 297 g/mol. The minimum Gasteiger partial charge on any atom is -0.390 e. The molecule has 9 heteroatoms. The molecule has 108 valence electrons. The van der Waals surface area contributed by atoms with Crippen molar-refractivity contribution in [3.8, 4) is 5.13 Å². The topological polar surface area (TPSA) is 95.2 Å². The molecule has 3 rings (SSSR count). The molecule has 20 heavy (non-hydrogen) atoms. The van der Waals surface area contributed by atoms with E-state index in [-0.39, 0.29) is 12.7 Å². The van der Waals surface area contributed by atoms with E-state index in [1.807, 2.05) is 0 Å². The highest BCUT2D eigenvalue weighted by molar-refractivity contribution is 7.13. The van der Waals surface area contributed by atoms with Crippen molar-refractivity contribution >= 4 is 11.3 Å². The molecular formula is C11H15N5O3S. The summed E-state index contributed by atoms with van der Waals surface area (Å²) in [7, 11) is 1.61. The summed E-state index contributed by atoms with van der Waals surface area (Å²) < 4.78 is 12.3. The molecule has 1 N–H and O–H groups in total. The smallest absolute Gasteiger partial charge is 0.234 e. The second-order valence-electron chi connectivity index (χ2n) is 4.40. The molecular weight excluding hydrogens is 282 g/mol. The molecule has 0 amide bonds. The van der Waals surface area contributed by atoms with E-state index in [0.29, 0.717) is 24.0 Å². The van der Waals surface area contributed by atoms with Gasteiger partial charge in [-0.25, -0.2) is 0 Å². The zero-order chi connectivity index (χ0) is 13.9. The summed E-state index contributed by atoms with van der Waals surface area (Å²) in [6, 6.07) is 0. The molecule has 0 spiro atoms. The molecule has 1 saturated heterocycles. The molecule has 2 aromatic rings. The molecule has 0 saturated carbocycles. The lowest BCUT2D eigenvalue weighted by Crippen LogP contribution is -2.09. The van der Waals surface area contributed by atoms with Crippen LogP contribution in [0.2, 0.25) is 0 Å². The lowest BCUT2D eigenvalue weighted by molar-refractivity contribution is 0.104. The summed E-state index contributed by atoms with van der Waals surface area (Å²) in [6.45, 7) is 0.958. The van der Waals surface area contributed by atoms with Gasteiger partial charge in [0.15, 0.2) is 0 Å². The Morgan fingerprint density at radius 1 is 1.45 bits per heavy atom. The summed E-state index contributed by atoms with van der Waals surface area (Å²) in [6.07, 6.45) is 1.79.